The first-order chi connectivity index (χ1) is 13.6. The summed E-state index contributed by atoms with van der Waals surface area (Å²) in [6.45, 7) is 6.62. The molecule has 28 heavy (non-hydrogen) atoms. The van der Waals surface area contributed by atoms with Crippen molar-refractivity contribution in [1.82, 2.24) is 18.8 Å². The summed E-state index contributed by atoms with van der Waals surface area (Å²) in [5.74, 6) is 1.11. The monoisotopic (exact) mass is 402 g/mol. The van der Waals surface area contributed by atoms with Gasteiger partial charge in [-0.15, -0.1) is 0 Å². The number of piperazine rings is 1. The first-order valence-electron chi connectivity index (χ1n) is 10.4. The number of aryl methyl sites for hydroxylation is 3. The lowest BCUT2D eigenvalue weighted by Crippen LogP contribution is -2.49. The predicted octanol–water partition coefficient (Wildman–Crippen LogP) is 2.33. The van der Waals surface area contributed by atoms with Gasteiger partial charge in [0, 0.05) is 58.1 Å². The molecular formula is C21H30N4O2S. The number of hydrogen-bond donors (Lipinski definition) is 0. The number of benzene rings is 1. The van der Waals surface area contributed by atoms with Crippen LogP contribution in [-0.4, -0.2) is 59.9 Å². The van der Waals surface area contributed by atoms with Crippen molar-refractivity contribution in [2.24, 2.45) is 0 Å². The van der Waals surface area contributed by atoms with E-state index < -0.39 is 10.0 Å². The zero-order valence-corrected chi connectivity index (χ0v) is 17.5. The molecule has 0 unspecified atom stereocenters. The lowest BCUT2D eigenvalue weighted by Gasteiger charge is -2.34. The van der Waals surface area contributed by atoms with Crippen molar-refractivity contribution in [3.63, 3.8) is 0 Å². The largest absolute Gasteiger partial charge is 0.334 e. The van der Waals surface area contributed by atoms with Crippen molar-refractivity contribution >= 4 is 10.0 Å². The van der Waals surface area contributed by atoms with E-state index in [0.29, 0.717) is 18.0 Å². The van der Waals surface area contributed by atoms with E-state index in [2.05, 4.69) is 21.4 Å². The van der Waals surface area contributed by atoms with Crippen LogP contribution in [0.25, 0.3) is 0 Å². The molecule has 0 radical (unpaired) electrons. The third-order valence-electron chi connectivity index (χ3n) is 6.06. The molecule has 0 atom stereocenters. The fraction of sp³-hybridized carbons (Fsp3) is 0.571. The van der Waals surface area contributed by atoms with Crippen molar-refractivity contribution in [3.05, 3.63) is 47.5 Å². The first-order valence-corrected chi connectivity index (χ1v) is 11.9. The molecule has 0 bridgehead atoms. The molecule has 1 aliphatic carbocycles. The van der Waals surface area contributed by atoms with Gasteiger partial charge in [-0.2, -0.15) is 4.31 Å². The second kappa shape index (κ2) is 8.35. The molecule has 1 fully saturated rings. The maximum atomic E-state index is 13.1. The second-order valence-electron chi connectivity index (χ2n) is 7.77. The highest BCUT2D eigenvalue weighted by Crippen LogP contribution is 2.26. The minimum absolute atomic E-state index is 0.465. The van der Waals surface area contributed by atoms with Crippen LogP contribution in [-0.2, 0) is 35.8 Å². The zero-order valence-electron chi connectivity index (χ0n) is 16.7. The summed E-state index contributed by atoms with van der Waals surface area (Å²) in [5.41, 5.74) is 2.54. The highest BCUT2D eigenvalue weighted by atomic mass is 32.2. The summed E-state index contributed by atoms with van der Waals surface area (Å²) in [5, 5.41) is 0. The molecule has 7 heteroatoms. The molecule has 2 aromatic rings. The van der Waals surface area contributed by atoms with Gasteiger partial charge in [-0.1, -0.05) is 13.0 Å². The normalized spacial score (nSPS) is 18.9. The quantitative estimate of drug-likeness (QED) is 0.744. The van der Waals surface area contributed by atoms with Crippen LogP contribution in [0.1, 0.15) is 36.7 Å². The maximum Gasteiger partial charge on any atom is 0.243 e. The fourth-order valence-electron chi connectivity index (χ4n) is 4.32. The summed E-state index contributed by atoms with van der Waals surface area (Å²) in [7, 11) is -3.40. The average molecular weight is 403 g/mol. The number of aromatic nitrogens is 2. The Hall–Kier alpha value is -1.70. The minimum Gasteiger partial charge on any atom is -0.334 e. The third-order valence-corrected chi connectivity index (χ3v) is 7.96. The standard InChI is InChI=1S/C21H30N4O2S/c1-2-21-22-9-10-24(21)14-11-23-12-15-25(16-13-23)28(26,27)20-8-7-18-5-3-4-6-19(18)17-20/h7-10,17H,2-6,11-16H2,1H3. The first kappa shape index (κ1) is 19.6. The van der Waals surface area contributed by atoms with Crippen LogP contribution >= 0.6 is 0 Å². The molecule has 0 N–H and O–H groups in total. The van der Waals surface area contributed by atoms with E-state index in [9.17, 15) is 8.42 Å². The number of imidazole rings is 1. The van der Waals surface area contributed by atoms with Crippen LogP contribution in [0.5, 0.6) is 0 Å². The number of hydrogen-bond acceptors (Lipinski definition) is 4. The van der Waals surface area contributed by atoms with Gasteiger partial charge in [-0.05, 0) is 48.9 Å². The topological polar surface area (TPSA) is 58.4 Å². The van der Waals surface area contributed by atoms with Gasteiger partial charge in [0.2, 0.25) is 10.0 Å². The van der Waals surface area contributed by atoms with Gasteiger partial charge in [-0.25, -0.2) is 13.4 Å². The van der Waals surface area contributed by atoms with E-state index in [1.54, 1.807) is 10.4 Å². The molecule has 0 spiro atoms. The van der Waals surface area contributed by atoms with Gasteiger partial charge in [0.25, 0.3) is 0 Å². The second-order valence-corrected chi connectivity index (χ2v) is 9.71. The van der Waals surface area contributed by atoms with Gasteiger partial charge in [0.15, 0.2) is 0 Å². The van der Waals surface area contributed by atoms with E-state index in [1.807, 2.05) is 24.5 Å². The Bertz CT molecular complexity index is 914. The Kier molecular flexibility index (Phi) is 5.85. The average Bonchev–Trinajstić information content (AvgIpc) is 3.20. The summed E-state index contributed by atoms with van der Waals surface area (Å²) < 4.78 is 30.1. The van der Waals surface area contributed by atoms with Gasteiger partial charge in [0.05, 0.1) is 4.90 Å². The Labute approximate surface area is 168 Å². The van der Waals surface area contributed by atoms with Gasteiger partial charge < -0.3 is 4.57 Å². The zero-order chi connectivity index (χ0) is 19.6. The van der Waals surface area contributed by atoms with E-state index in [1.165, 1.54) is 17.5 Å². The molecule has 1 aromatic carbocycles. The van der Waals surface area contributed by atoms with Crippen LogP contribution in [0, 0.1) is 0 Å². The van der Waals surface area contributed by atoms with Crippen LogP contribution in [0.3, 0.4) is 0 Å². The molecule has 0 saturated carbocycles. The maximum absolute atomic E-state index is 13.1. The molecule has 1 saturated heterocycles. The van der Waals surface area contributed by atoms with Gasteiger partial charge >= 0.3 is 0 Å². The fourth-order valence-corrected chi connectivity index (χ4v) is 5.79. The Morgan fingerprint density at radius 2 is 1.75 bits per heavy atom. The summed E-state index contributed by atoms with van der Waals surface area (Å²) in [4.78, 5) is 7.17. The highest BCUT2D eigenvalue weighted by Gasteiger charge is 2.29. The summed E-state index contributed by atoms with van der Waals surface area (Å²) >= 11 is 0. The lowest BCUT2D eigenvalue weighted by molar-refractivity contribution is 0.182. The van der Waals surface area contributed by atoms with Crippen molar-refractivity contribution in [3.8, 4) is 0 Å². The van der Waals surface area contributed by atoms with Crippen molar-refractivity contribution < 1.29 is 8.42 Å². The van der Waals surface area contributed by atoms with E-state index in [-0.39, 0.29) is 0 Å². The number of fused-ring (bicyclic) bond motifs is 1. The smallest absolute Gasteiger partial charge is 0.243 e. The number of sulfonamides is 1. The van der Waals surface area contributed by atoms with Crippen LogP contribution < -0.4 is 0 Å². The number of rotatable bonds is 6. The van der Waals surface area contributed by atoms with Crippen molar-refractivity contribution in [2.45, 2.75) is 50.5 Å². The molecule has 152 valence electrons. The van der Waals surface area contributed by atoms with E-state index in [4.69, 9.17) is 0 Å². The molecule has 2 heterocycles. The molecule has 1 aromatic heterocycles. The third kappa shape index (κ3) is 4.02. The summed E-state index contributed by atoms with van der Waals surface area (Å²) in [6.07, 6.45) is 9.24. The lowest BCUT2D eigenvalue weighted by atomic mass is 9.92. The Balaban J connectivity index is 1.36. The van der Waals surface area contributed by atoms with Crippen LogP contribution in [0.2, 0.25) is 0 Å². The van der Waals surface area contributed by atoms with Crippen LogP contribution in [0.15, 0.2) is 35.5 Å². The Morgan fingerprint density at radius 1 is 1.00 bits per heavy atom. The Morgan fingerprint density at radius 3 is 2.50 bits per heavy atom. The SMILES string of the molecule is CCc1nccn1CCN1CCN(S(=O)(=O)c2ccc3c(c2)CCCC3)CC1. The molecule has 1 aliphatic heterocycles. The van der Waals surface area contributed by atoms with Crippen LogP contribution in [0.4, 0.5) is 0 Å². The summed E-state index contributed by atoms with van der Waals surface area (Å²) in [6, 6.07) is 5.74. The number of nitrogens with zero attached hydrogens (tertiary/aromatic N) is 4. The minimum atomic E-state index is -3.40. The van der Waals surface area contributed by atoms with Gasteiger partial charge in [-0.3, -0.25) is 4.90 Å². The molecule has 6 nitrogen and oxygen atoms in total. The molecule has 0 amide bonds. The van der Waals surface area contributed by atoms with E-state index >= 15 is 0 Å². The van der Waals surface area contributed by atoms with Crippen molar-refractivity contribution in [1.29, 1.82) is 0 Å². The van der Waals surface area contributed by atoms with Gasteiger partial charge in [0.1, 0.15) is 5.82 Å². The van der Waals surface area contributed by atoms with Crippen molar-refractivity contribution in [2.75, 3.05) is 32.7 Å². The van der Waals surface area contributed by atoms with E-state index in [0.717, 1.165) is 57.7 Å². The molecular weight excluding hydrogens is 372 g/mol. The predicted molar refractivity (Wildman–Crippen MR) is 110 cm³/mol. The molecule has 4 rings (SSSR count). The molecule has 2 aliphatic rings. The highest BCUT2D eigenvalue weighted by molar-refractivity contribution is 7.89.